The van der Waals surface area contributed by atoms with Gasteiger partial charge in [-0.3, -0.25) is 9.69 Å². The SMILES string of the molecule is CCC(c1ccccc1)N(CC(=O)OC)Cc1cnc(N)s1. The number of carbonyl (C=O) groups is 1. The Morgan fingerprint density at radius 3 is 2.68 bits per heavy atom. The molecular formula is C16H21N3O2S. The summed E-state index contributed by atoms with van der Waals surface area (Å²) >= 11 is 1.45. The lowest BCUT2D eigenvalue weighted by Crippen LogP contribution is -2.33. The Kier molecular flexibility index (Phi) is 5.91. The molecule has 0 saturated heterocycles. The van der Waals surface area contributed by atoms with Crippen molar-refractivity contribution in [3.63, 3.8) is 0 Å². The number of thiazole rings is 1. The Hall–Kier alpha value is -1.92. The normalized spacial score (nSPS) is 12.3. The number of methoxy groups -OCH3 is 1. The second kappa shape index (κ2) is 7.91. The number of aromatic nitrogens is 1. The van der Waals surface area contributed by atoms with E-state index in [1.807, 2.05) is 18.2 Å². The smallest absolute Gasteiger partial charge is 0.319 e. The molecule has 2 rings (SSSR count). The van der Waals surface area contributed by atoms with Crippen LogP contribution in [-0.4, -0.2) is 29.5 Å². The van der Waals surface area contributed by atoms with Crippen LogP contribution in [-0.2, 0) is 16.1 Å². The van der Waals surface area contributed by atoms with Gasteiger partial charge in [-0.2, -0.15) is 0 Å². The third-order valence-electron chi connectivity index (χ3n) is 3.50. The van der Waals surface area contributed by atoms with Crippen molar-refractivity contribution in [2.24, 2.45) is 0 Å². The van der Waals surface area contributed by atoms with Crippen molar-refractivity contribution in [2.45, 2.75) is 25.9 Å². The van der Waals surface area contributed by atoms with Crippen molar-refractivity contribution >= 4 is 22.4 Å². The van der Waals surface area contributed by atoms with Crippen LogP contribution in [0.2, 0.25) is 0 Å². The first-order valence-electron chi connectivity index (χ1n) is 7.20. The molecule has 22 heavy (non-hydrogen) atoms. The number of benzene rings is 1. The number of esters is 1. The van der Waals surface area contributed by atoms with E-state index in [1.165, 1.54) is 24.0 Å². The number of ether oxygens (including phenoxy) is 1. The minimum absolute atomic E-state index is 0.142. The summed E-state index contributed by atoms with van der Waals surface area (Å²) in [6, 6.07) is 10.3. The summed E-state index contributed by atoms with van der Waals surface area (Å²) in [7, 11) is 1.41. The number of anilines is 1. The van der Waals surface area contributed by atoms with Crippen LogP contribution in [0.5, 0.6) is 0 Å². The van der Waals surface area contributed by atoms with Gasteiger partial charge in [0.05, 0.1) is 13.7 Å². The van der Waals surface area contributed by atoms with Crippen molar-refractivity contribution in [1.82, 2.24) is 9.88 Å². The molecule has 0 spiro atoms. The van der Waals surface area contributed by atoms with Gasteiger partial charge in [0.15, 0.2) is 5.13 Å². The maximum Gasteiger partial charge on any atom is 0.319 e. The van der Waals surface area contributed by atoms with Crippen molar-refractivity contribution < 1.29 is 9.53 Å². The molecule has 1 aromatic carbocycles. The van der Waals surface area contributed by atoms with E-state index in [0.717, 1.165) is 11.3 Å². The molecular weight excluding hydrogens is 298 g/mol. The Balaban J connectivity index is 2.23. The molecule has 2 aromatic rings. The fraction of sp³-hybridized carbons (Fsp3) is 0.375. The van der Waals surface area contributed by atoms with E-state index in [4.69, 9.17) is 10.5 Å². The van der Waals surface area contributed by atoms with Crippen molar-refractivity contribution in [3.05, 3.63) is 47.0 Å². The highest BCUT2D eigenvalue weighted by Crippen LogP contribution is 2.27. The number of nitrogens with zero attached hydrogens (tertiary/aromatic N) is 2. The van der Waals surface area contributed by atoms with E-state index in [0.29, 0.717) is 11.7 Å². The third kappa shape index (κ3) is 4.29. The number of carbonyl (C=O) groups excluding carboxylic acids is 1. The molecule has 1 aromatic heterocycles. The lowest BCUT2D eigenvalue weighted by Gasteiger charge is -2.30. The lowest BCUT2D eigenvalue weighted by atomic mass is 10.0. The highest BCUT2D eigenvalue weighted by molar-refractivity contribution is 7.15. The Morgan fingerprint density at radius 2 is 2.14 bits per heavy atom. The summed E-state index contributed by atoms with van der Waals surface area (Å²) < 4.78 is 4.84. The lowest BCUT2D eigenvalue weighted by molar-refractivity contribution is -0.142. The number of rotatable bonds is 7. The summed E-state index contributed by atoms with van der Waals surface area (Å²) in [6.45, 7) is 2.97. The highest BCUT2D eigenvalue weighted by atomic mass is 32.1. The molecule has 0 aliphatic heterocycles. The molecule has 2 N–H and O–H groups in total. The third-order valence-corrected chi connectivity index (χ3v) is 4.31. The van der Waals surface area contributed by atoms with E-state index >= 15 is 0 Å². The van der Waals surface area contributed by atoms with Gasteiger partial charge >= 0.3 is 5.97 Å². The van der Waals surface area contributed by atoms with Crippen molar-refractivity contribution in [2.75, 3.05) is 19.4 Å². The second-order valence-electron chi connectivity index (χ2n) is 4.98. The molecule has 0 saturated carbocycles. The average Bonchev–Trinajstić information content (AvgIpc) is 2.94. The van der Waals surface area contributed by atoms with Crippen LogP contribution >= 0.6 is 11.3 Å². The zero-order valence-electron chi connectivity index (χ0n) is 12.9. The number of hydrogen-bond donors (Lipinski definition) is 1. The number of hydrogen-bond acceptors (Lipinski definition) is 6. The number of nitrogens with two attached hydrogens (primary N) is 1. The summed E-state index contributed by atoms with van der Waals surface area (Å²) in [5, 5.41) is 0.542. The van der Waals surface area contributed by atoms with Gasteiger partial charge in [-0.15, -0.1) is 11.3 Å². The summed E-state index contributed by atoms with van der Waals surface area (Å²) in [4.78, 5) is 19.0. The Morgan fingerprint density at radius 1 is 1.41 bits per heavy atom. The highest BCUT2D eigenvalue weighted by Gasteiger charge is 2.22. The summed E-state index contributed by atoms with van der Waals surface area (Å²) in [6.07, 6.45) is 2.66. The minimum Gasteiger partial charge on any atom is -0.468 e. The van der Waals surface area contributed by atoms with Gasteiger partial charge in [-0.05, 0) is 12.0 Å². The second-order valence-corrected chi connectivity index (χ2v) is 6.13. The van der Waals surface area contributed by atoms with E-state index in [2.05, 4.69) is 28.9 Å². The van der Waals surface area contributed by atoms with Gasteiger partial charge < -0.3 is 10.5 Å². The predicted octanol–water partition coefficient (Wildman–Crippen LogP) is 2.85. The monoisotopic (exact) mass is 319 g/mol. The first kappa shape index (κ1) is 16.5. The molecule has 0 fully saturated rings. The van der Waals surface area contributed by atoms with Gasteiger partial charge in [-0.1, -0.05) is 37.3 Å². The van der Waals surface area contributed by atoms with Gasteiger partial charge in [0.1, 0.15) is 0 Å². The van der Waals surface area contributed by atoms with E-state index in [9.17, 15) is 4.79 Å². The molecule has 0 bridgehead atoms. The van der Waals surface area contributed by atoms with Crippen LogP contribution in [0.4, 0.5) is 5.13 Å². The Labute approximate surface area is 134 Å². The molecule has 118 valence electrons. The molecule has 6 heteroatoms. The van der Waals surface area contributed by atoms with Crippen LogP contribution in [0.3, 0.4) is 0 Å². The van der Waals surface area contributed by atoms with E-state index < -0.39 is 0 Å². The minimum atomic E-state index is -0.244. The molecule has 1 atom stereocenters. The van der Waals surface area contributed by atoms with Crippen LogP contribution < -0.4 is 5.73 Å². The van der Waals surface area contributed by atoms with Gasteiger partial charge in [0, 0.05) is 23.7 Å². The molecule has 0 radical (unpaired) electrons. The zero-order chi connectivity index (χ0) is 15.9. The fourth-order valence-electron chi connectivity index (χ4n) is 2.48. The van der Waals surface area contributed by atoms with Crippen LogP contribution in [0.1, 0.15) is 29.8 Å². The standard InChI is InChI=1S/C16H21N3O2S/c1-3-14(12-7-5-4-6-8-12)19(11-15(20)21-2)10-13-9-18-16(17)22-13/h4-9,14H,3,10-11H2,1-2H3,(H2,17,18). The fourth-order valence-corrected chi connectivity index (χ4v) is 3.19. The molecule has 0 aliphatic carbocycles. The quantitative estimate of drug-likeness (QED) is 0.795. The molecule has 0 amide bonds. The van der Waals surface area contributed by atoms with E-state index in [-0.39, 0.29) is 18.6 Å². The first-order valence-corrected chi connectivity index (χ1v) is 8.01. The predicted molar refractivity (Wildman–Crippen MR) is 88.4 cm³/mol. The molecule has 1 heterocycles. The van der Waals surface area contributed by atoms with E-state index in [1.54, 1.807) is 6.20 Å². The topological polar surface area (TPSA) is 68.5 Å². The largest absolute Gasteiger partial charge is 0.468 e. The van der Waals surface area contributed by atoms with Gasteiger partial charge in [0.25, 0.3) is 0 Å². The molecule has 5 nitrogen and oxygen atoms in total. The molecule has 1 unspecified atom stereocenters. The van der Waals surface area contributed by atoms with Crippen LogP contribution in [0, 0.1) is 0 Å². The first-order chi connectivity index (χ1) is 10.6. The van der Waals surface area contributed by atoms with Crippen LogP contribution in [0.25, 0.3) is 0 Å². The average molecular weight is 319 g/mol. The van der Waals surface area contributed by atoms with Gasteiger partial charge in [0.2, 0.25) is 0 Å². The maximum atomic E-state index is 11.8. The van der Waals surface area contributed by atoms with Crippen molar-refractivity contribution in [1.29, 1.82) is 0 Å². The Bertz CT molecular complexity index is 600. The maximum absolute atomic E-state index is 11.8. The van der Waals surface area contributed by atoms with Crippen LogP contribution in [0.15, 0.2) is 36.5 Å². The zero-order valence-corrected chi connectivity index (χ0v) is 13.7. The van der Waals surface area contributed by atoms with Gasteiger partial charge in [-0.25, -0.2) is 4.98 Å². The number of nitrogen functional groups attached to an aromatic ring is 1. The van der Waals surface area contributed by atoms with Crippen molar-refractivity contribution in [3.8, 4) is 0 Å². The summed E-state index contributed by atoms with van der Waals surface area (Å²) in [5.74, 6) is -0.244. The molecule has 0 aliphatic rings. The summed E-state index contributed by atoms with van der Waals surface area (Å²) in [5.41, 5.74) is 6.89.